The standard InChI is InChI=1S/C18H20N4O/c1-3-21(4-2)18(23)15-11-9-14(10-12-15)13-22-17-8-6-5-7-16(17)19-20-22/h5-12H,3-4,13H2,1-2H3. The number of carbonyl (C=O) groups excluding carboxylic acids is 1. The summed E-state index contributed by atoms with van der Waals surface area (Å²) in [5.41, 5.74) is 3.72. The van der Waals surface area contributed by atoms with E-state index in [1.165, 1.54) is 0 Å². The Bertz CT molecular complexity index is 803. The van der Waals surface area contributed by atoms with E-state index in [2.05, 4.69) is 10.3 Å². The molecule has 0 aliphatic carbocycles. The molecule has 1 aromatic heterocycles. The molecular weight excluding hydrogens is 288 g/mol. The van der Waals surface area contributed by atoms with Crippen LogP contribution in [0.4, 0.5) is 0 Å². The van der Waals surface area contributed by atoms with E-state index in [0.717, 1.165) is 35.2 Å². The average Bonchev–Trinajstić information content (AvgIpc) is 3.00. The first-order valence-corrected chi connectivity index (χ1v) is 7.89. The number of benzene rings is 2. The fraction of sp³-hybridized carbons (Fsp3) is 0.278. The molecule has 0 spiro atoms. The number of para-hydroxylation sites is 1. The van der Waals surface area contributed by atoms with Crippen LogP contribution in [0.25, 0.3) is 11.0 Å². The van der Waals surface area contributed by atoms with Crippen LogP contribution in [0.15, 0.2) is 48.5 Å². The lowest BCUT2D eigenvalue weighted by Crippen LogP contribution is -2.30. The summed E-state index contributed by atoms with van der Waals surface area (Å²) in [5.74, 6) is 0.0766. The molecule has 0 bridgehead atoms. The molecule has 0 aliphatic rings. The first-order chi connectivity index (χ1) is 11.2. The van der Waals surface area contributed by atoms with Crippen molar-refractivity contribution in [1.29, 1.82) is 0 Å². The number of carbonyl (C=O) groups is 1. The minimum atomic E-state index is 0.0766. The summed E-state index contributed by atoms with van der Waals surface area (Å²) in [5, 5.41) is 8.35. The van der Waals surface area contributed by atoms with E-state index < -0.39 is 0 Å². The lowest BCUT2D eigenvalue weighted by molar-refractivity contribution is 0.0773. The molecule has 3 rings (SSSR count). The van der Waals surface area contributed by atoms with Crippen molar-refractivity contribution in [2.75, 3.05) is 13.1 Å². The number of amides is 1. The average molecular weight is 308 g/mol. The summed E-state index contributed by atoms with van der Waals surface area (Å²) in [4.78, 5) is 14.1. The number of nitrogens with zero attached hydrogens (tertiary/aromatic N) is 4. The third-order valence-electron chi connectivity index (χ3n) is 4.00. The Hall–Kier alpha value is -2.69. The number of hydrogen-bond donors (Lipinski definition) is 0. The smallest absolute Gasteiger partial charge is 0.253 e. The Balaban J connectivity index is 1.79. The van der Waals surface area contributed by atoms with Crippen LogP contribution in [0.3, 0.4) is 0 Å². The van der Waals surface area contributed by atoms with Gasteiger partial charge in [-0.1, -0.05) is 29.5 Å². The highest BCUT2D eigenvalue weighted by Gasteiger charge is 2.12. The highest BCUT2D eigenvalue weighted by Crippen LogP contribution is 2.13. The van der Waals surface area contributed by atoms with Crippen molar-refractivity contribution in [2.24, 2.45) is 0 Å². The Morgan fingerprint density at radius 3 is 2.43 bits per heavy atom. The third-order valence-corrected chi connectivity index (χ3v) is 4.00. The number of aromatic nitrogens is 3. The monoisotopic (exact) mass is 308 g/mol. The van der Waals surface area contributed by atoms with Gasteiger partial charge in [0.05, 0.1) is 12.1 Å². The summed E-state index contributed by atoms with van der Waals surface area (Å²) in [7, 11) is 0. The molecule has 1 amide bonds. The first-order valence-electron chi connectivity index (χ1n) is 7.89. The largest absolute Gasteiger partial charge is 0.339 e. The van der Waals surface area contributed by atoms with Crippen molar-refractivity contribution >= 4 is 16.9 Å². The van der Waals surface area contributed by atoms with Crippen molar-refractivity contribution in [3.05, 3.63) is 59.7 Å². The molecule has 0 aliphatic heterocycles. The normalized spacial score (nSPS) is 10.9. The van der Waals surface area contributed by atoms with E-state index in [9.17, 15) is 4.79 Å². The van der Waals surface area contributed by atoms with Gasteiger partial charge in [0.25, 0.3) is 5.91 Å². The Labute approximate surface area is 135 Å². The lowest BCUT2D eigenvalue weighted by atomic mass is 10.1. The van der Waals surface area contributed by atoms with E-state index in [1.54, 1.807) is 0 Å². The lowest BCUT2D eigenvalue weighted by Gasteiger charge is -2.18. The van der Waals surface area contributed by atoms with Crippen molar-refractivity contribution in [3.63, 3.8) is 0 Å². The fourth-order valence-corrected chi connectivity index (χ4v) is 2.65. The molecule has 2 aromatic carbocycles. The maximum atomic E-state index is 12.3. The van der Waals surface area contributed by atoms with Gasteiger partial charge >= 0.3 is 0 Å². The summed E-state index contributed by atoms with van der Waals surface area (Å²) >= 11 is 0. The van der Waals surface area contributed by atoms with Gasteiger partial charge < -0.3 is 4.90 Å². The molecule has 3 aromatic rings. The second kappa shape index (κ2) is 6.60. The minimum Gasteiger partial charge on any atom is -0.339 e. The molecule has 0 radical (unpaired) electrons. The Morgan fingerprint density at radius 1 is 1.04 bits per heavy atom. The predicted molar refractivity (Wildman–Crippen MR) is 90.3 cm³/mol. The highest BCUT2D eigenvalue weighted by molar-refractivity contribution is 5.94. The number of fused-ring (bicyclic) bond motifs is 1. The van der Waals surface area contributed by atoms with Gasteiger partial charge in [0.1, 0.15) is 5.52 Å². The molecule has 5 heteroatoms. The van der Waals surface area contributed by atoms with E-state index >= 15 is 0 Å². The predicted octanol–water partition coefficient (Wildman–Crippen LogP) is 2.96. The van der Waals surface area contributed by atoms with Gasteiger partial charge in [-0.05, 0) is 43.7 Å². The zero-order valence-electron chi connectivity index (χ0n) is 13.4. The van der Waals surface area contributed by atoms with E-state index in [4.69, 9.17) is 0 Å². The molecule has 0 atom stereocenters. The fourth-order valence-electron chi connectivity index (χ4n) is 2.65. The van der Waals surface area contributed by atoms with Crippen LogP contribution in [0.1, 0.15) is 29.8 Å². The van der Waals surface area contributed by atoms with Crippen LogP contribution in [0.2, 0.25) is 0 Å². The Kier molecular flexibility index (Phi) is 4.37. The van der Waals surface area contributed by atoms with Crippen molar-refractivity contribution in [1.82, 2.24) is 19.9 Å². The molecular formula is C18H20N4O. The van der Waals surface area contributed by atoms with Crippen molar-refractivity contribution in [2.45, 2.75) is 20.4 Å². The van der Waals surface area contributed by atoms with E-state index in [-0.39, 0.29) is 5.91 Å². The van der Waals surface area contributed by atoms with Gasteiger partial charge in [-0.25, -0.2) is 4.68 Å². The van der Waals surface area contributed by atoms with Gasteiger partial charge in [0.15, 0.2) is 0 Å². The third kappa shape index (κ3) is 3.08. The van der Waals surface area contributed by atoms with Crippen molar-refractivity contribution in [3.8, 4) is 0 Å². The quantitative estimate of drug-likeness (QED) is 0.728. The van der Waals surface area contributed by atoms with Gasteiger partial charge in [0.2, 0.25) is 0 Å². The zero-order valence-corrected chi connectivity index (χ0v) is 13.4. The molecule has 0 saturated carbocycles. The van der Waals surface area contributed by atoms with Crippen LogP contribution in [-0.2, 0) is 6.54 Å². The molecule has 118 valence electrons. The van der Waals surface area contributed by atoms with Crippen LogP contribution < -0.4 is 0 Å². The van der Waals surface area contributed by atoms with Gasteiger partial charge in [-0.2, -0.15) is 0 Å². The maximum Gasteiger partial charge on any atom is 0.253 e. The van der Waals surface area contributed by atoms with Crippen LogP contribution in [0, 0.1) is 0 Å². The summed E-state index contributed by atoms with van der Waals surface area (Å²) < 4.78 is 1.87. The maximum absolute atomic E-state index is 12.3. The number of hydrogen-bond acceptors (Lipinski definition) is 3. The molecule has 1 heterocycles. The molecule has 23 heavy (non-hydrogen) atoms. The molecule has 0 N–H and O–H groups in total. The first kappa shape index (κ1) is 15.2. The van der Waals surface area contributed by atoms with E-state index in [0.29, 0.717) is 6.54 Å². The summed E-state index contributed by atoms with van der Waals surface area (Å²) in [6.07, 6.45) is 0. The van der Waals surface area contributed by atoms with Crippen LogP contribution in [0.5, 0.6) is 0 Å². The van der Waals surface area contributed by atoms with Gasteiger partial charge in [0, 0.05) is 18.7 Å². The van der Waals surface area contributed by atoms with Gasteiger partial charge in [-0.15, -0.1) is 5.10 Å². The molecule has 0 fully saturated rings. The molecule has 0 unspecified atom stereocenters. The van der Waals surface area contributed by atoms with E-state index in [1.807, 2.05) is 72.0 Å². The molecule has 0 saturated heterocycles. The SMILES string of the molecule is CCN(CC)C(=O)c1ccc(Cn2nnc3ccccc32)cc1. The second-order valence-electron chi connectivity index (χ2n) is 5.41. The summed E-state index contributed by atoms with van der Waals surface area (Å²) in [6.45, 7) is 6.07. The zero-order chi connectivity index (χ0) is 16.2. The minimum absolute atomic E-state index is 0.0766. The Morgan fingerprint density at radius 2 is 1.74 bits per heavy atom. The van der Waals surface area contributed by atoms with Crippen LogP contribution >= 0.6 is 0 Å². The molecule has 5 nitrogen and oxygen atoms in total. The van der Waals surface area contributed by atoms with Crippen LogP contribution in [-0.4, -0.2) is 38.9 Å². The number of rotatable bonds is 5. The topological polar surface area (TPSA) is 51.0 Å². The highest BCUT2D eigenvalue weighted by atomic mass is 16.2. The van der Waals surface area contributed by atoms with Gasteiger partial charge in [-0.3, -0.25) is 4.79 Å². The van der Waals surface area contributed by atoms with Crippen molar-refractivity contribution < 1.29 is 4.79 Å². The summed E-state index contributed by atoms with van der Waals surface area (Å²) in [6, 6.07) is 15.6. The second-order valence-corrected chi connectivity index (χ2v) is 5.41.